The normalized spacial score (nSPS) is 12.2. The van der Waals surface area contributed by atoms with Gasteiger partial charge in [-0.05, 0) is 112 Å². The molecule has 2 rings (SSSR count). The molecule has 2 aromatic rings. The lowest BCUT2D eigenvalue weighted by Crippen LogP contribution is -2.26. The Morgan fingerprint density at radius 2 is 1.26 bits per heavy atom. The van der Waals surface area contributed by atoms with E-state index in [0.717, 1.165) is 0 Å². The van der Waals surface area contributed by atoms with Crippen LogP contribution in [-0.2, 0) is 22.4 Å². The molecule has 7 heteroatoms. The van der Waals surface area contributed by atoms with Crippen LogP contribution < -0.4 is 18.9 Å². The molecular weight excluding hydrogens is 544 g/mol. The van der Waals surface area contributed by atoms with E-state index >= 15 is 0 Å². The lowest BCUT2D eigenvalue weighted by Gasteiger charge is -2.25. The summed E-state index contributed by atoms with van der Waals surface area (Å²) in [5.41, 5.74) is 0.978. The Bertz CT molecular complexity index is 1380. The summed E-state index contributed by atoms with van der Waals surface area (Å²) in [5.74, 6) is 0.703. The largest absolute Gasteiger partial charge is 0.496 e. The van der Waals surface area contributed by atoms with Crippen LogP contribution in [0, 0.1) is 10.8 Å². The minimum absolute atomic E-state index is 0.258. The molecule has 7 nitrogen and oxygen atoms in total. The van der Waals surface area contributed by atoms with E-state index in [9.17, 15) is 14.4 Å². The van der Waals surface area contributed by atoms with Gasteiger partial charge in [0, 0.05) is 16.7 Å². The van der Waals surface area contributed by atoms with Crippen LogP contribution in [-0.4, -0.2) is 31.4 Å². The Kier molecular flexibility index (Phi) is 12.5. The molecule has 0 heterocycles. The SMILES string of the molecule is CC=CCc1c(OC)c(C=CC(=O)c2ccc(OC(=O)C(C)(C)C)cc2)c(OCC)c(CC=CC)c1OC(=O)C(C)(C)C. The smallest absolute Gasteiger partial charge is 0.316 e. The first-order chi connectivity index (χ1) is 20.2. The van der Waals surface area contributed by atoms with Gasteiger partial charge < -0.3 is 18.9 Å². The zero-order valence-corrected chi connectivity index (χ0v) is 27.3. The van der Waals surface area contributed by atoms with Gasteiger partial charge in [0.15, 0.2) is 5.78 Å². The molecule has 0 bridgehead atoms. The maximum atomic E-state index is 13.2. The Hall–Kier alpha value is -4.13. The molecule has 0 radical (unpaired) electrons. The number of hydrogen-bond donors (Lipinski definition) is 0. The number of carbonyl (C=O) groups excluding carboxylic acids is 3. The monoisotopic (exact) mass is 590 g/mol. The molecule has 232 valence electrons. The number of ether oxygens (including phenoxy) is 4. The van der Waals surface area contributed by atoms with Crippen LogP contribution in [0.25, 0.3) is 6.08 Å². The first kappa shape index (κ1) is 35.1. The molecule has 0 spiro atoms. The fourth-order valence-corrected chi connectivity index (χ4v) is 3.92. The van der Waals surface area contributed by atoms with Crippen LogP contribution in [0.2, 0.25) is 0 Å². The molecule has 0 aliphatic carbocycles. The topological polar surface area (TPSA) is 88.1 Å². The van der Waals surface area contributed by atoms with Gasteiger partial charge in [-0.25, -0.2) is 0 Å². The van der Waals surface area contributed by atoms with Crippen LogP contribution in [0.5, 0.6) is 23.0 Å². The van der Waals surface area contributed by atoms with Crippen LogP contribution in [0.15, 0.2) is 54.6 Å². The number of ketones is 1. The van der Waals surface area contributed by atoms with Gasteiger partial charge in [-0.1, -0.05) is 24.3 Å². The summed E-state index contributed by atoms with van der Waals surface area (Å²) >= 11 is 0. The van der Waals surface area contributed by atoms with E-state index in [0.29, 0.717) is 64.7 Å². The van der Waals surface area contributed by atoms with Gasteiger partial charge in [-0.15, -0.1) is 0 Å². The van der Waals surface area contributed by atoms with E-state index in [1.165, 1.54) is 6.08 Å². The fourth-order valence-electron chi connectivity index (χ4n) is 3.92. The van der Waals surface area contributed by atoms with Crippen LogP contribution in [0.4, 0.5) is 0 Å². The van der Waals surface area contributed by atoms with Crippen molar-refractivity contribution in [3.63, 3.8) is 0 Å². The first-order valence-corrected chi connectivity index (χ1v) is 14.6. The summed E-state index contributed by atoms with van der Waals surface area (Å²) < 4.78 is 23.6. The number of rotatable bonds is 12. The molecule has 0 atom stereocenters. The Morgan fingerprint density at radius 1 is 0.744 bits per heavy atom. The van der Waals surface area contributed by atoms with E-state index in [2.05, 4.69) is 0 Å². The third-order valence-corrected chi connectivity index (χ3v) is 6.36. The highest BCUT2D eigenvalue weighted by Crippen LogP contribution is 2.46. The third kappa shape index (κ3) is 9.43. The Labute approximate surface area is 256 Å². The molecule has 43 heavy (non-hydrogen) atoms. The van der Waals surface area contributed by atoms with E-state index in [1.54, 1.807) is 79.0 Å². The van der Waals surface area contributed by atoms with Crippen molar-refractivity contribution < 1.29 is 33.3 Å². The van der Waals surface area contributed by atoms with Gasteiger partial charge in [0.2, 0.25) is 0 Å². The second-order valence-electron chi connectivity index (χ2n) is 12.0. The van der Waals surface area contributed by atoms with Gasteiger partial charge in [0.05, 0.1) is 30.1 Å². The van der Waals surface area contributed by atoms with Crippen molar-refractivity contribution in [2.75, 3.05) is 13.7 Å². The number of hydrogen-bond acceptors (Lipinski definition) is 7. The van der Waals surface area contributed by atoms with Crippen molar-refractivity contribution >= 4 is 23.8 Å². The number of esters is 2. The van der Waals surface area contributed by atoms with E-state index in [4.69, 9.17) is 18.9 Å². The zero-order chi connectivity index (χ0) is 32.4. The molecule has 0 aromatic heterocycles. The van der Waals surface area contributed by atoms with Crippen LogP contribution in [0.1, 0.15) is 89.4 Å². The van der Waals surface area contributed by atoms with E-state index < -0.39 is 10.8 Å². The van der Waals surface area contributed by atoms with Gasteiger partial charge >= 0.3 is 11.9 Å². The van der Waals surface area contributed by atoms with Crippen molar-refractivity contribution in [3.05, 3.63) is 76.9 Å². The minimum Gasteiger partial charge on any atom is -0.496 e. The lowest BCUT2D eigenvalue weighted by molar-refractivity contribution is -0.143. The fraction of sp³-hybridized carbons (Fsp3) is 0.417. The molecule has 0 unspecified atom stereocenters. The zero-order valence-electron chi connectivity index (χ0n) is 27.3. The highest BCUT2D eigenvalue weighted by molar-refractivity contribution is 6.07. The number of allylic oxidation sites excluding steroid dienone is 5. The van der Waals surface area contributed by atoms with E-state index in [-0.39, 0.29) is 17.7 Å². The van der Waals surface area contributed by atoms with Gasteiger partial charge in [-0.2, -0.15) is 0 Å². The third-order valence-electron chi connectivity index (χ3n) is 6.36. The predicted octanol–water partition coefficient (Wildman–Crippen LogP) is 8.13. The summed E-state index contributed by atoms with van der Waals surface area (Å²) in [7, 11) is 1.54. The summed E-state index contributed by atoms with van der Waals surface area (Å²) in [5, 5.41) is 0. The van der Waals surface area contributed by atoms with Gasteiger partial charge in [-0.3, -0.25) is 14.4 Å². The molecule has 0 aliphatic heterocycles. The van der Waals surface area contributed by atoms with Crippen molar-refractivity contribution in [2.45, 2.75) is 75.2 Å². The van der Waals surface area contributed by atoms with Crippen LogP contribution in [0.3, 0.4) is 0 Å². The Morgan fingerprint density at radius 3 is 1.72 bits per heavy atom. The number of benzene rings is 2. The summed E-state index contributed by atoms with van der Waals surface area (Å²) in [6, 6.07) is 6.42. The highest BCUT2D eigenvalue weighted by atomic mass is 16.5. The quantitative estimate of drug-likeness (QED) is 0.0811. The van der Waals surface area contributed by atoms with Crippen molar-refractivity contribution in [1.29, 1.82) is 0 Å². The van der Waals surface area contributed by atoms with Crippen LogP contribution >= 0.6 is 0 Å². The predicted molar refractivity (Wildman–Crippen MR) is 171 cm³/mol. The van der Waals surface area contributed by atoms with Crippen molar-refractivity contribution in [3.8, 4) is 23.0 Å². The lowest BCUT2D eigenvalue weighted by atomic mass is 9.94. The molecule has 0 saturated heterocycles. The maximum absolute atomic E-state index is 13.2. The Balaban J connectivity index is 2.70. The summed E-state index contributed by atoms with van der Waals surface area (Å²) in [6.45, 7) is 16.8. The number of carbonyl (C=O) groups is 3. The molecule has 0 N–H and O–H groups in total. The van der Waals surface area contributed by atoms with E-state index in [1.807, 2.05) is 45.1 Å². The molecule has 0 saturated carbocycles. The second-order valence-corrected chi connectivity index (χ2v) is 12.0. The molecule has 0 fully saturated rings. The molecule has 0 amide bonds. The standard InChI is InChI=1S/C36H46O7/c1-11-14-16-26-30(40-10)28(22-23-29(37)24-18-20-25(21-19-24)42-33(38)35(4,5)6)31(41-13-3)27(17-15-12-2)32(26)43-34(39)36(7,8)9/h11-12,14-15,18-23H,13,16-17H2,1-10H3. The average molecular weight is 591 g/mol. The summed E-state index contributed by atoms with van der Waals surface area (Å²) in [4.78, 5) is 38.6. The maximum Gasteiger partial charge on any atom is 0.316 e. The molecular formula is C36H46O7. The minimum atomic E-state index is -0.736. The summed E-state index contributed by atoms with van der Waals surface area (Å²) in [6.07, 6.45) is 11.8. The van der Waals surface area contributed by atoms with Gasteiger partial charge in [0.25, 0.3) is 0 Å². The second kappa shape index (κ2) is 15.4. The molecule has 2 aromatic carbocycles. The molecule has 0 aliphatic rings. The number of methoxy groups -OCH3 is 1. The highest BCUT2D eigenvalue weighted by Gasteiger charge is 2.30. The average Bonchev–Trinajstić information content (AvgIpc) is 2.94. The van der Waals surface area contributed by atoms with Crippen molar-refractivity contribution in [2.24, 2.45) is 10.8 Å². The first-order valence-electron chi connectivity index (χ1n) is 14.6. The van der Waals surface area contributed by atoms with Crippen molar-refractivity contribution in [1.82, 2.24) is 0 Å². The van der Waals surface area contributed by atoms with Gasteiger partial charge in [0.1, 0.15) is 23.0 Å².